The van der Waals surface area contributed by atoms with Gasteiger partial charge in [0, 0.05) is 26.0 Å². The molecule has 2 saturated heterocycles. The molecule has 0 aromatic heterocycles. The number of amides is 5. The monoisotopic (exact) mass is 1030 g/mol. The molecular formula is C58H69N3O14. The number of hydrogen-bond donors (Lipinski definition) is 1. The van der Waals surface area contributed by atoms with Crippen molar-refractivity contribution >= 4 is 41.3 Å². The summed E-state index contributed by atoms with van der Waals surface area (Å²) in [6.45, 7) is 9.40. The van der Waals surface area contributed by atoms with Crippen LogP contribution in [0, 0.1) is 20.8 Å². The lowest BCUT2D eigenvalue weighted by atomic mass is 9.91. The largest absolute Gasteiger partial charge is 0.493 e. The summed E-state index contributed by atoms with van der Waals surface area (Å²) >= 11 is 0. The number of nitrogens with one attached hydrogen (secondary N) is 1. The second-order valence-electron chi connectivity index (χ2n) is 19.2. The van der Waals surface area contributed by atoms with E-state index in [1.165, 1.54) is 17.2 Å². The number of hydrogen-bond acceptors (Lipinski definition) is 14. The van der Waals surface area contributed by atoms with E-state index in [0.717, 1.165) is 34.4 Å². The summed E-state index contributed by atoms with van der Waals surface area (Å²) in [7, 11) is 3.16. The Labute approximate surface area is 438 Å². The number of aryl methyl sites for hydroxylation is 4. The average Bonchev–Trinajstić information content (AvgIpc) is 3.66. The van der Waals surface area contributed by atoms with E-state index in [1.54, 1.807) is 43.4 Å². The third-order valence-electron chi connectivity index (χ3n) is 14.0. The lowest BCUT2D eigenvalue weighted by Crippen LogP contribution is -2.54. The fraction of sp³-hybridized carbons (Fsp3) is 0.466. The smallest absolute Gasteiger partial charge is 0.329 e. The van der Waals surface area contributed by atoms with Gasteiger partial charge in [-0.3, -0.25) is 39.0 Å². The highest BCUT2D eigenvalue weighted by Gasteiger charge is 2.46. The number of rotatable bonds is 26. The molecule has 0 aliphatic carbocycles. The van der Waals surface area contributed by atoms with E-state index in [-0.39, 0.29) is 80.9 Å². The van der Waals surface area contributed by atoms with Gasteiger partial charge in [-0.05, 0) is 136 Å². The predicted octanol–water partition coefficient (Wildman–Crippen LogP) is 7.66. The van der Waals surface area contributed by atoms with E-state index < -0.39 is 53.7 Å². The second kappa shape index (κ2) is 26.4. The first kappa shape index (κ1) is 55.6. The molecule has 1 N–H and O–H groups in total. The molecule has 4 aromatic rings. The van der Waals surface area contributed by atoms with Crippen LogP contribution in [0.15, 0.2) is 72.8 Å². The first-order valence-electron chi connectivity index (χ1n) is 25.9. The van der Waals surface area contributed by atoms with Gasteiger partial charge in [-0.15, -0.1) is 0 Å². The highest BCUT2D eigenvalue weighted by molar-refractivity contribution is 6.24. The average molecular weight is 1030 g/mol. The number of fused-ring (bicyclic) bond motifs is 1. The minimum absolute atomic E-state index is 0.0248. The Hall–Kier alpha value is -7.11. The lowest BCUT2D eigenvalue weighted by molar-refractivity contribution is -0.162. The third kappa shape index (κ3) is 13.8. The molecule has 4 aromatic carbocycles. The van der Waals surface area contributed by atoms with Gasteiger partial charge in [0.25, 0.3) is 11.8 Å². The number of imide groups is 2. The van der Waals surface area contributed by atoms with Crippen LogP contribution in [0.4, 0.5) is 0 Å². The summed E-state index contributed by atoms with van der Waals surface area (Å²) in [6.07, 6.45) is 3.80. The number of Topliss-reactive ketones (excluding diaryl/α,β-unsaturated/α-hetero) is 1. The molecule has 3 heterocycles. The predicted molar refractivity (Wildman–Crippen MR) is 276 cm³/mol. The van der Waals surface area contributed by atoms with Crippen LogP contribution in [0.3, 0.4) is 0 Å². The number of nitrogens with zero attached hydrogens (tertiary/aromatic N) is 2. The summed E-state index contributed by atoms with van der Waals surface area (Å²) in [5, 5.41) is 2.19. The fourth-order valence-corrected chi connectivity index (χ4v) is 9.89. The number of ketones is 1. The Morgan fingerprint density at radius 1 is 0.747 bits per heavy atom. The number of likely N-dealkylation sites (tertiary alicyclic amines) is 1. The normalized spacial score (nSPS) is 17.3. The number of methoxy groups -OCH3 is 2. The molecule has 7 rings (SSSR count). The van der Waals surface area contributed by atoms with Gasteiger partial charge in [0.1, 0.15) is 42.9 Å². The number of piperidine rings is 2. The quantitative estimate of drug-likeness (QED) is 0.0365. The molecule has 17 nitrogen and oxygen atoms in total. The Morgan fingerprint density at radius 3 is 2.27 bits per heavy atom. The summed E-state index contributed by atoms with van der Waals surface area (Å²) in [4.78, 5) is 94.8. The standard InChI is InChI=1S/C58H69N3O14/c1-7-44(41-32-38(4)53(70-6)50(34-41)69-5)55(65)60-25-9-8-17-47(60)58(68)75-48(23-21-39-20-19-36(2)37(3)31-39)40-13-10-15-43(33-40)74-35-42(62)14-12-26-71-27-28-72-29-30-73-49-18-11-16-45-52(49)57(67)61(56(45)66)46-22-24-51(63)59-54(46)64/h10-11,13,15-16,18-20,31-34,44,46-48H,7-9,12,14,17,21-30,35H2,1-6H3,(H,59,63,64)/t44-,46?,47-,48+/m0/s1. The van der Waals surface area contributed by atoms with Gasteiger partial charge < -0.3 is 38.1 Å². The minimum Gasteiger partial charge on any atom is -0.493 e. The molecule has 0 spiro atoms. The van der Waals surface area contributed by atoms with E-state index in [9.17, 15) is 33.6 Å². The van der Waals surface area contributed by atoms with E-state index >= 15 is 0 Å². The number of ether oxygens (including phenoxy) is 7. The van der Waals surface area contributed by atoms with E-state index in [4.69, 9.17) is 33.2 Å². The van der Waals surface area contributed by atoms with Crippen molar-refractivity contribution in [2.24, 2.45) is 0 Å². The molecule has 17 heteroatoms. The van der Waals surface area contributed by atoms with Crippen molar-refractivity contribution in [3.63, 3.8) is 0 Å². The molecule has 5 amide bonds. The van der Waals surface area contributed by atoms with Crippen LogP contribution in [0.25, 0.3) is 0 Å². The van der Waals surface area contributed by atoms with Gasteiger partial charge in [0.05, 0.1) is 51.1 Å². The molecule has 0 saturated carbocycles. The van der Waals surface area contributed by atoms with Gasteiger partial charge >= 0.3 is 5.97 Å². The van der Waals surface area contributed by atoms with Crippen molar-refractivity contribution in [1.29, 1.82) is 0 Å². The highest BCUT2D eigenvalue weighted by atomic mass is 16.6. The molecule has 2 fully saturated rings. The van der Waals surface area contributed by atoms with Gasteiger partial charge in [-0.1, -0.05) is 49.4 Å². The summed E-state index contributed by atoms with van der Waals surface area (Å²) < 4.78 is 40.7. The molecule has 3 aliphatic rings. The Morgan fingerprint density at radius 2 is 1.52 bits per heavy atom. The number of carbonyl (C=O) groups is 7. The molecule has 3 aliphatic heterocycles. The number of carbonyl (C=O) groups excluding carboxylic acids is 7. The van der Waals surface area contributed by atoms with Crippen LogP contribution in [-0.2, 0) is 44.6 Å². The topological polar surface area (TPSA) is 203 Å². The van der Waals surface area contributed by atoms with Crippen molar-refractivity contribution in [3.05, 3.63) is 117 Å². The Balaban J connectivity index is 0.873. The summed E-state index contributed by atoms with van der Waals surface area (Å²) in [5.74, 6) is -1.79. The molecule has 75 heavy (non-hydrogen) atoms. The van der Waals surface area contributed by atoms with Crippen molar-refractivity contribution in [2.75, 3.05) is 60.4 Å². The fourth-order valence-electron chi connectivity index (χ4n) is 9.89. The number of benzene rings is 4. The van der Waals surface area contributed by atoms with Crippen molar-refractivity contribution < 1.29 is 66.7 Å². The van der Waals surface area contributed by atoms with Gasteiger partial charge in [-0.2, -0.15) is 0 Å². The lowest BCUT2D eigenvalue weighted by Gasteiger charge is -2.37. The van der Waals surface area contributed by atoms with Crippen molar-refractivity contribution in [1.82, 2.24) is 15.1 Å². The van der Waals surface area contributed by atoms with Crippen LogP contribution in [0.1, 0.15) is 131 Å². The maximum absolute atomic E-state index is 14.4. The van der Waals surface area contributed by atoms with Gasteiger partial charge in [-0.25, -0.2) is 4.79 Å². The van der Waals surface area contributed by atoms with Crippen molar-refractivity contribution in [3.8, 4) is 23.0 Å². The van der Waals surface area contributed by atoms with E-state index in [0.29, 0.717) is 68.1 Å². The van der Waals surface area contributed by atoms with Crippen LogP contribution in [0.5, 0.6) is 23.0 Å². The molecule has 400 valence electrons. The molecule has 0 radical (unpaired) electrons. The first-order chi connectivity index (χ1) is 36.2. The molecular weight excluding hydrogens is 963 g/mol. The Bertz CT molecular complexity index is 2740. The van der Waals surface area contributed by atoms with Crippen LogP contribution < -0.4 is 24.3 Å². The molecule has 0 bridgehead atoms. The van der Waals surface area contributed by atoms with E-state index in [2.05, 4.69) is 37.4 Å². The third-order valence-corrected chi connectivity index (χ3v) is 14.0. The van der Waals surface area contributed by atoms with Gasteiger partial charge in [0.2, 0.25) is 17.7 Å². The van der Waals surface area contributed by atoms with Crippen LogP contribution >= 0.6 is 0 Å². The number of esters is 1. The van der Waals surface area contributed by atoms with Crippen LogP contribution in [0.2, 0.25) is 0 Å². The van der Waals surface area contributed by atoms with Crippen molar-refractivity contribution in [2.45, 2.75) is 116 Å². The Kier molecular flexibility index (Phi) is 19.6. The molecule has 4 atom stereocenters. The zero-order valence-corrected chi connectivity index (χ0v) is 43.9. The SMILES string of the molecule is CC[C@H](C(=O)N1CCCC[C@H]1C(=O)O[C@H](CCc1ccc(C)c(C)c1)c1cccc(OCC(=O)CCCOCCOCCOc2cccc3c2C(=O)N(C2CCC(=O)NC2=O)C3=O)c1)c1cc(C)c(OC)c(OC)c1. The molecule has 1 unspecified atom stereocenters. The minimum atomic E-state index is -1.07. The van der Waals surface area contributed by atoms with Crippen LogP contribution in [-0.4, -0.2) is 124 Å². The highest BCUT2D eigenvalue weighted by Crippen LogP contribution is 2.38. The van der Waals surface area contributed by atoms with Gasteiger partial charge in [0.15, 0.2) is 17.3 Å². The maximum Gasteiger partial charge on any atom is 0.329 e. The maximum atomic E-state index is 14.4. The first-order valence-corrected chi connectivity index (χ1v) is 25.9. The zero-order chi connectivity index (χ0) is 53.6. The summed E-state index contributed by atoms with van der Waals surface area (Å²) in [5.41, 5.74) is 6.03. The zero-order valence-electron chi connectivity index (χ0n) is 43.9. The second-order valence-corrected chi connectivity index (χ2v) is 19.2. The van der Waals surface area contributed by atoms with E-state index in [1.807, 2.05) is 38.1 Å². The summed E-state index contributed by atoms with van der Waals surface area (Å²) in [6, 6.07) is 20.2.